The van der Waals surface area contributed by atoms with E-state index in [9.17, 15) is 9.50 Å². The number of nitrogens with one attached hydrogen (secondary N) is 1. The number of halogens is 2. The number of nitrogens with zero attached hydrogens (tertiary/aromatic N) is 3. The number of β-amino-alcohol motifs (C(OH)–C–C–N with tert-alkyl or cyclic N) is 1. The molecular formula is C25H28ClFN4O3. The second-order valence-electron chi connectivity index (χ2n) is 8.95. The fourth-order valence-electron chi connectivity index (χ4n) is 4.95. The van der Waals surface area contributed by atoms with Crippen LogP contribution in [0.1, 0.15) is 32.1 Å². The molecule has 180 valence electrons. The number of ether oxygens (including phenoxy) is 2. The second-order valence-corrected chi connectivity index (χ2v) is 9.36. The molecule has 2 aromatic carbocycles. The normalized spacial score (nSPS) is 23.2. The highest BCUT2D eigenvalue weighted by molar-refractivity contribution is 6.31. The predicted molar refractivity (Wildman–Crippen MR) is 130 cm³/mol. The molecule has 0 bridgehead atoms. The molecule has 2 N–H and O–H groups in total. The summed E-state index contributed by atoms with van der Waals surface area (Å²) < 4.78 is 26.4. The van der Waals surface area contributed by atoms with Gasteiger partial charge < -0.3 is 19.9 Å². The number of likely N-dealkylation sites (tertiary alicyclic amines) is 1. The lowest BCUT2D eigenvalue weighted by Crippen LogP contribution is -2.39. The van der Waals surface area contributed by atoms with Crippen LogP contribution in [-0.2, 0) is 0 Å². The van der Waals surface area contributed by atoms with Crippen molar-refractivity contribution in [1.82, 2.24) is 14.9 Å². The zero-order valence-electron chi connectivity index (χ0n) is 19.0. The molecule has 1 aliphatic heterocycles. The smallest absolute Gasteiger partial charge is 0.165 e. The summed E-state index contributed by atoms with van der Waals surface area (Å²) in [6.45, 7) is 1.75. The van der Waals surface area contributed by atoms with Gasteiger partial charge in [0, 0.05) is 30.6 Å². The van der Waals surface area contributed by atoms with Crippen LogP contribution in [0.25, 0.3) is 10.9 Å². The van der Waals surface area contributed by atoms with Crippen LogP contribution >= 0.6 is 11.6 Å². The molecule has 1 aliphatic carbocycles. The molecule has 0 radical (unpaired) electrons. The summed E-state index contributed by atoms with van der Waals surface area (Å²) in [6.07, 6.45) is 6.11. The molecule has 34 heavy (non-hydrogen) atoms. The van der Waals surface area contributed by atoms with E-state index in [4.69, 9.17) is 21.1 Å². The van der Waals surface area contributed by atoms with Gasteiger partial charge in [0.2, 0.25) is 0 Å². The molecule has 1 saturated carbocycles. The monoisotopic (exact) mass is 486 g/mol. The lowest BCUT2D eigenvalue weighted by Gasteiger charge is -2.34. The molecule has 1 saturated heterocycles. The summed E-state index contributed by atoms with van der Waals surface area (Å²) in [5, 5.41) is 13.6. The number of fused-ring (bicyclic) bond motifs is 1. The highest BCUT2D eigenvalue weighted by Gasteiger charge is 2.31. The van der Waals surface area contributed by atoms with E-state index in [2.05, 4.69) is 20.2 Å². The van der Waals surface area contributed by atoms with Crippen molar-refractivity contribution in [3.63, 3.8) is 0 Å². The molecule has 2 heterocycles. The van der Waals surface area contributed by atoms with Crippen molar-refractivity contribution in [3.05, 3.63) is 47.5 Å². The Labute approximate surface area is 202 Å². The van der Waals surface area contributed by atoms with Crippen molar-refractivity contribution >= 4 is 34.0 Å². The fourth-order valence-corrected chi connectivity index (χ4v) is 5.13. The van der Waals surface area contributed by atoms with Crippen LogP contribution in [0.4, 0.5) is 15.9 Å². The van der Waals surface area contributed by atoms with Crippen LogP contribution in [0.3, 0.4) is 0 Å². The number of anilines is 2. The Balaban J connectivity index is 1.36. The van der Waals surface area contributed by atoms with Gasteiger partial charge in [0.05, 0.1) is 35.5 Å². The number of aromatic nitrogens is 2. The molecule has 2 fully saturated rings. The zero-order valence-corrected chi connectivity index (χ0v) is 19.8. The van der Waals surface area contributed by atoms with Crippen molar-refractivity contribution in [3.8, 4) is 11.5 Å². The van der Waals surface area contributed by atoms with Crippen molar-refractivity contribution in [1.29, 1.82) is 0 Å². The van der Waals surface area contributed by atoms with Crippen LogP contribution in [-0.4, -0.2) is 58.4 Å². The van der Waals surface area contributed by atoms with Crippen LogP contribution < -0.4 is 14.8 Å². The first kappa shape index (κ1) is 23.1. The number of hydrogen-bond acceptors (Lipinski definition) is 7. The minimum absolute atomic E-state index is 0.0353. The molecule has 7 nitrogen and oxygen atoms in total. The van der Waals surface area contributed by atoms with Gasteiger partial charge in [-0.2, -0.15) is 0 Å². The maximum absolute atomic E-state index is 14.5. The number of aliphatic hydroxyl groups is 1. The highest BCUT2D eigenvalue weighted by Crippen LogP contribution is 2.38. The SMILES string of the molecule is COc1cc2ncnc(Nc3cccc(Cl)c3F)c2cc1OC1CCC(N2CCC(O)C2)CC1. The largest absolute Gasteiger partial charge is 0.493 e. The third kappa shape index (κ3) is 4.76. The van der Waals surface area contributed by atoms with E-state index < -0.39 is 5.82 Å². The standard InChI is InChI=1S/C25H28ClFN4O3/c1-33-22-12-21-18(25(29-14-28-21)30-20-4-2-3-19(26)24(20)27)11-23(22)34-17-7-5-15(6-8-17)31-10-9-16(32)13-31/h2-4,11-12,14-17,32H,5-10,13H2,1H3,(H,28,29,30). The molecule has 1 aromatic heterocycles. The number of hydrogen-bond donors (Lipinski definition) is 2. The van der Waals surface area contributed by atoms with E-state index in [0.29, 0.717) is 34.3 Å². The summed E-state index contributed by atoms with van der Waals surface area (Å²) in [6, 6.07) is 8.94. The van der Waals surface area contributed by atoms with Gasteiger partial charge in [-0.05, 0) is 50.3 Å². The quantitative estimate of drug-likeness (QED) is 0.511. The van der Waals surface area contributed by atoms with E-state index in [1.165, 1.54) is 12.4 Å². The van der Waals surface area contributed by atoms with E-state index in [-0.39, 0.29) is 22.9 Å². The first-order valence-electron chi connectivity index (χ1n) is 11.6. The Morgan fingerprint density at radius 2 is 1.94 bits per heavy atom. The Morgan fingerprint density at radius 3 is 2.68 bits per heavy atom. The Bertz CT molecular complexity index is 1170. The van der Waals surface area contributed by atoms with Gasteiger partial charge in [0.1, 0.15) is 12.1 Å². The average Bonchev–Trinajstić information content (AvgIpc) is 3.28. The van der Waals surface area contributed by atoms with Crippen LogP contribution in [0.2, 0.25) is 5.02 Å². The minimum atomic E-state index is -0.539. The fraction of sp³-hybridized carbons (Fsp3) is 0.440. The second kappa shape index (κ2) is 9.90. The molecular weight excluding hydrogens is 459 g/mol. The summed E-state index contributed by atoms with van der Waals surface area (Å²) >= 11 is 5.93. The van der Waals surface area contributed by atoms with E-state index in [0.717, 1.165) is 45.2 Å². The molecule has 0 spiro atoms. The highest BCUT2D eigenvalue weighted by atomic mass is 35.5. The minimum Gasteiger partial charge on any atom is -0.493 e. The van der Waals surface area contributed by atoms with Gasteiger partial charge in [0.15, 0.2) is 17.3 Å². The Morgan fingerprint density at radius 1 is 1.12 bits per heavy atom. The van der Waals surface area contributed by atoms with Gasteiger partial charge in [0.25, 0.3) is 0 Å². The molecule has 0 amide bonds. The number of rotatable bonds is 6. The van der Waals surface area contributed by atoms with Crippen LogP contribution in [0, 0.1) is 5.82 Å². The van der Waals surface area contributed by atoms with Gasteiger partial charge in [-0.1, -0.05) is 17.7 Å². The van der Waals surface area contributed by atoms with Gasteiger partial charge in [-0.3, -0.25) is 4.90 Å². The average molecular weight is 487 g/mol. The third-order valence-electron chi connectivity index (χ3n) is 6.77. The molecule has 9 heteroatoms. The topological polar surface area (TPSA) is 79.7 Å². The van der Waals surface area contributed by atoms with E-state index in [1.54, 1.807) is 19.2 Å². The molecule has 5 rings (SSSR count). The summed E-state index contributed by atoms with van der Waals surface area (Å²) in [5.41, 5.74) is 0.886. The first-order chi connectivity index (χ1) is 16.5. The van der Waals surface area contributed by atoms with Crippen LogP contribution in [0.15, 0.2) is 36.7 Å². The van der Waals surface area contributed by atoms with E-state index >= 15 is 0 Å². The summed E-state index contributed by atoms with van der Waals surface area (Å²) in [5.74, 6) is 1.12. The van der Waals surface area contributed by atoms with Crippen molar-refractivity contribution < 1.29 is 19.0 Å². The van der Waals surface area contributed by atoms with Gasteiger partial charge >= 0.3 is 0 Å². The summed E-state index contributed by atoms with van der Waals surface area (Å²) in [4.78, 5) is 11.1. The number of aliphatic hydroxyl groups excluding tert-OH is 1. The Kier molecular flexibility index (Phi) is 6.72. The number of benzene rings is 2. The predicted octanol–water partition coefficient (Wildman–Crippen LogP) is 4.93. The molecule has 1 unspecified atom stereocenters. The van der Waals surface area contributed by atoms with Crippen molar-refractivity contribution in [2.75, 3.05) is 25.5 Å². The molecule has 3 aromatic rings. The lowest BCUT2D eigenvalue weighted by atomic mass is 9.92. The lowest BCUT2D eigenvalue weighted by molar-refractivity contribution is 0.0887. The van der Waals surface area contributed by atoms with Crippen molar-refractivity contribution in [2.24, 2.45) is 0 Å². The van der Waals surface area contributed by atoms with Gasteiger partial charge in [-0.25, -0.2) is 14.4 Å². The molecule has 1 atom stereocenters. The van der Waals surface area contributed by atoms with Crippen molar-refractivity contribution in [2.45, 2.75) is 50.4 Å². The maximum atomic E-state index is 14.5. The van der Waals surface area contributed by atoms with E-state index in [1.807, 2.05) is 12.1 Å². The van der Waals surface area contributed by atoms with Gasteiger partial charge in [-0.15, -0.1) is 0 Å². The molecule has 2 aliphatic rings. The van der Waals surface area contributed by atoms with Crippen LogP contribution in [0.5, 0.6) is 11.5 Å². The Hall–Kier alpha value is -2.68. The maximum Gasteiger partial charge on any atom is 0.165 e. The zero-order chi connectivity index (χ0) is 23.7. The number of methoxy groups -OCH3 is 1. The summed E-state index contributed by atoms with van der Waals surface area (Å²) in [7, 11) is 1.60. The first-order valence-corrected chi connectivity index (χ1v) is 12.0. The third-order valence-corrected chi connectivity index (χ3v) is 7.07.